The molecule has 1 aliphatic rings. The maximum Gasteiger partial charge on any atom is 0.265 e. The summed E-state index contributed by atoms with van der Waals surface area (Å²) in [6, 6.07) is 0.317. The zero-order valence-electron chi connectivity index (χ0n) is 11.5. The second-order valence-electron chi connectivity index (χ2n) is 5.84. The van der Waals surface area contributed by atoms with Crippen molar-refractivity contribution >= 4 is 17.2 Å². The Kier molecular flexibility index (Phi) is 3.73. The minimum atomic E-state index is 0.0106. The molecule has 1 fully saturated rings. The molecule has 0 aromatic carbocycles. The van der Waals surface area contributed by atoms with Gasteiger partial charge in [0.1, 0.15) is 4.88 Å². The van der Waals surface area contributed by atoms with Crippen molar-refractivity contribution in [2.24, 2.45) is 0 Å². The number of carbonyl (C=O) groups is 1. The van der Waals surface area contributed by atoms with E-state index in [4.69, 9.17) is 0 Å². The van der Waals surface area contributed by atoms with Gasteiger partial charge in [-0.2, -0.15) is 0 Å². The average Bonchev–Trinajstić information content (AvgIpc) is 2.96. The van der Waals surface area contributed by atoms with Crippen molar-refractivity contribution in [2.75, 3.05) is 20.1 Å². The minimum Gasteiger partial charge on any atom is -0.337 e. The van der Waals surface area contributed by atoms with E-state index in [1.54, 1.807) is 6.20 Å². The third-order valence-electron chi connectivity index (χ3n) is 3.26. The van der Waals surface area contributed by atoms with E-state index in [2.05, 4.69) is 31.1 Å². The molecule has 2 heterocycles. The van der Waals surface area contributed by atoms with Crippen LogP contribution in [0.15, 0.2) is 6.20 Å². The predicted molar refractivity (Wildman–Crippen MR) is 74.2 cm³/mol. The molecule has 1 unspecified atom stereocenters. The van der Waals surface area contributed by atoms with Crippen LogP contribution in [0.4, 0.5) is 0 Å². The zero-order valence-corrected chi connectivity index (χ0v) is 12.3. The summed E-state index contributed by atoms with van der Waals surface area (Å²) in [6.07, 6.45) is 2.75. The molecule has 0 bridgehead atoms. The Morgan fingerprint density at radius 1 is 1.56 bits per heavy atom. The second-order valence-corrected chi connectivity index (χ2v) is 6.87. The van der Waals surface area contributed by atoms with Crippen LogP contribution < -0.4 is 5.32 Å². The maximum absolute atomic E-state index is 12.3. The SMILES string of the molecule is CN(C(=O)c1cnc(C(C)(C)C)s1)C1CCNC1. The molecule has 100 valence electrons. The summed E-state index contributed by atoms with van der Waals surface area (Å²) in [4.78, 5) is 19.3. The molecule has 0 spiro atoms. The number of thiazole rings is 1. The zero-order chi connectivity index (χ0) is 13.3. The minimum absolute atomic E-state index is 0.0106. The van der Waals surface area contributed by atoms with Gasteiger partial charge in [-0.1, -0.05) is 20.8 Å². The molecule has 1 aliphatic heterocycles. The van der Waals surface area contributed by atoms with Gasteiger partial charge in [-0.25, -0.2) is 4.98 Å². The summed E-state index contributed by atoms with van der Waals surface area (Å²) in [7, 11) is 1.89. The standard InChI is InChI=1S/C13H21N3OS/c1-13(2,3)12-15-8-10(18-12)11(17)16(4)9-5-6-14-7-9/h8-9,14H,5-7H2,1-4H3. The van der Waals surface area contributed by atoms with Crippen LogP contribution in [0.3, 0.4) is 0 Å². The van der Waals surface area contributed by atoms with E-state index < -0.39 is 0 Å². The van der Waals surface area contributed by atoms with E-state index in [0.29, 0.717) is 6.04 Å². The van der Waals surface area contributed by atoms with Crippen molar-refractivity contribution in [3.05, 3.63) is 16.1 Å². The molecule has 1 amide bonds. The van der Waals surface area contributed by atoms with Gasteiger partial charge in [0, 0.05) is 25.0 Å². The van der Waals surface area contributed by atoms with Crippen molar-refractivity contribution in [1.82, 2.24) is 15.2 Å². The lowest BCUT2D eigenvalue weighted by atomic mass is 9.98. The molecule has 5 heteroatoms. The van der Waals surface area contributed by atoms with Gasteiger partial charge in [0.25, 0.3) is 5.91 Å². The van der Waals surface area contributed by atoms with Crippen molar-refractivity contribution < 1.29 is 4.79 Å². The number of hydrogen-bond donors (Lipinski definition) is 1. The van der Waals surface area contributed by atoms with Gasteiger partial charge in [0.05, 0.1) is 11.2 Å². The van der Waals surface area contributed by atoms with Crippen LogP contribution in [0.25, 0.3) is 0 Å². The Hall–Kier alpha value is -0.940. The van der Waals surface area contributed by atoms with Crippen LogP contribution in [0.5, 0.6) is 0 Å². The van der Waals surface area contributed by atoms with Crippen molar-refractivity contribution in [3.63, 3.8) is 0 Å². The number of nitrogens with one attached hydrogen (secondary N) is 1. The summed E-state index contributed by atoms with van der Waals surface area (Å²) in [6.45, 7) is 8.24. The van der Waals surface area contributed by atoms with Gasteiger partial charge in [-0.05, 0) is 13.0 Å². The highest BCUT2D eigenvalue weighted by Crippen LogP contribution is 2.27. The number of nitrogens with zero attached hydrogens (tertiary/aromatic N) is 2. The number of aromatic nitrogens is 1. The van der Waals surface area contributed by atoms with Crippen LogP contribution in [-0.2, 0) is 5.41 Å². The van der Waals surface area contributed by atoms with Crippen LogP contribution in [0, 0.1) is 0 Å². The fourth-order valence-electron chi connectivity index (χ4n) is 2.03. The molecule has 1 atom stereocenters. The Morgan fingerprint density at radius 3 is 2.78 bits per heavy atom. The Labute approximate surface area is 112 Å². The highest BCUT2D eigenvalue weighted by molar-refractivity contribution is 7.13. The Bertz CT molecular complexity index is 430. The van der Waals surface area contributed by atoms with Gasteiger partial charge in [0.15, 0.2) is 0 Å². The summed E-state index contributed by atoms with van der Waals surface area (Å²) >= 11 is 1.51. The first-order chi connectivity index (χ1) is 8.39. The largest absolute Gasteiger partial charge is 0.337 e. The lowest BCUT2D eigenvalue weighted by Gasteiger charge is -2.22. The normalized spacial score (nSPS) is 20.1. The van der Waals surface area contributed by atoms with Gasteiger partial charge < -0.3 is 10.2 Å². The lowest BCUT2D eigenvalue weighted by molar-refractivity contribution is 0.0748. The molecular formula is C13H21N3OS. The van der Waals surface area contributed by atoms with E-state index in [0.717, 1.165) is 29.4 Å². The molecule has 0 saturated carbocycles. The van der Waals surface area contributed by atoms with E-state index in [1.807, 2.05) is 11.9 Å². The van der Waals surface area contributed by atoms with Crippen LogP contribution in [0.1, 0.15) is 41.9 Å². The molecule has 18 heavy (non-hydrogen) atoms. The summed E-state index contributed by atoms with van der Waals surface area (Å²) in [5.41, 5.74) is 0.0106. The molecule has 1 aromatic rings. The third kappa shape index (κ3) is 2.72. The first-order valence-electron chi connectivity index (χ1n) is 6.34. The molecule has 0 radical (unpaired) electrons. The number of likely N-dealkylation sites (N-methyl/N-ethyl adjacent to an activating group) is 1. The van der Waals surface area contributed by atoms with E-state index in [1.165, 1.54) is 11.3 Å². The van der Waals surface area contributed by atoms with Crippen molar-refractivity contribution in [3.8, 4) is 0 Å². The Balaban J connectivity index is 2.11. The monoisotopic (exact) mass is 267 g/mol. The highest BCUT2D eigenvalue weighted by atomic mass is 32.1. The first kappa shape index (κ1) is 13.5. The molecule has 4 nitrogen and oxygen atoms in total. The van der Waals surface area contributed by atoms with Crippen LogP contribution in [-0.4, -0.2) is 42.0 Å². The fraction of sp³-hybridized carbons (Fsp3) is 0.692. The van der Waals surface area contributed by atoms with Gasteiger partial charge >= 0.3 is 0 Å². The second kappa shape index (κ2) is 4.97. The molecule has 1 aromatic heterocycles. The predicted octanol–water partition coefficient (Wildman–Crippen LogP) is 1.87. The van der Waals surface area contributed by atoms with Crippen LogP contribution in [0.2, 0.25) is 0 Å². The number of hydrogen-bond acceptors (Lipinski definition) is 4. The van der Waals surface area contributed by atoms with Crippen molar-refractivity contribution in [2.45, 2.75) is 38.6 Å². The van der Waals surface area contributed by atoms with Crippen LogP contribution >= 0.6 is 11.3 Å². The van der Waals surface area contributed by atoms with Gasteiger partial charge in [0.2, 0.25) is 0 Å². The summed E-state index contributed by atoms with van der Waals surface area (Å²) < 4.78 is 0. The van der Waals surface area contributed by atoms with E-state index in [-0.39, 0.29) is 11.3 Å². The molecule has 1 saturated heterocycles. The van der Waals surface area contributed by atoms with E-state index >= 15 is 0 Å². The lowest BCUT2D eigenvalue weighted by Crippen LogP contribution is -2.38. The quantitative estimate of drug-likeness (QED) is 0.890. The number of carbonyl (C=O) groups excluding carboxylic acids is 1. The van der Waals surface area contributed by atoms with E-state index in [9.17, 15) is 4.79 Å². The fourth-order valence-corrected chi connectivity index (χ4v) is 2.99. The number of rotatable bonds is 2. The molecule has 2 rings (SSSR count). The molecule has 1 N–H and O–H groups in total. The Morgan fingerprint density at radius 2 is 2.28 bits per heavy atom. The molecule has 0 aliphatic carbocycles. The first-order valence-corrected chi connectivity index (χ1v) is 7.15. The smallest absolute Gasteiger partial charge is 0.265 e. The third-order valence-corrected chi connectivity index (χ3v) is 4.67. The topological polar surface area (TPSA) is 45.2 Å². The molecular weight excluding hydrogens is 246 g/mol. The van der Waals surface area contributed by atoms with Gasteiger partial charge in [-0.3, -0.25) is 4.79 Å². The van der Waals surface area contributed by atoms with Gasteiger partial charge in [-0.15, -0.1) is 11.3 Å². The summed E-state index contributed by atoms with van der Waals surface area (Å²) in [5, 5.41) is 4.30. The van der Waals surface area contributed by atoms with Crippen molar-refractivity contribution in [1.29, 1.82) is 0 Å². The maximum atomic E-state index is 12.3. The summed E-state index contributed by atoms with van der Waals surface area (Å²) in [5.74, 6) is 0.0942. The highest BCUT2D eigenvalue weighted by Gasteiger charge is 2.26. The average molecular weight is 267 g/mol. The number of amides is 1.